The Bertz CT molecular complexity index is 680. The number of hydrogen-bond acceptors (Lipinski definition) is 3. The zero-order chi connectivity index (χ0) is 14.7. The van der Waals surface area contributed by atoms with Crippen molar-refractivity contribution in [2.45, 2.75) is 25.8 Å². The van der Waals surface area contributed by atoms with Crippen molar-refractivity contribution in [3.05, 3.63) is 59.4 Å². The zero-order valence-electron chi connectivity index (χ0n) is 11.9. The van der Waals surface area contributed by atoms with E-state index in [4.69, 9.17) is 0 Å². The number of pyridine rings is 1. The summed E-state index contributed by atoms with van der Waals surface area (Å²) < 4.78 is 0. The van der Waals surface area contributed by atoms with Crippen LogP contribution in [0, 0.1) is 0 Å². The molecule has 3 rings (SSSR count). The summed E-state index contributed by atoms with van der Waals surface area (Å²) in [5.74, 6) is -0.180. The molecular weight excluding hydrogens is 262 g/mol. The Labute approximate surface area is 123 Å². The van der Waals surface area contributed by atoms with Gasteiger partial charge in [0.25, 0.3) is 0 Å². The van der Waals surface area contributed by atoms with Gasteiger partial charge in [0.2, 0.25) is 5.91 Å². The molecule has 0 spiro atoms. The van der Waals surface area contributed by atoms with Crippen molar-refractivity contribution in [1.29, 1.82) is 0 Å². The van der Waals surface area contributed by atoms with Gasteiger partial charge in [0.1, 0.15) is 0 Å². The molecule has 1 aliphatic rings. The molecule has 1 unspecified atom stereocenters. The van der Waals surface area contributed by atoms with E-state index in [0.29, 0.717) is 0 Å². The summed E-state index contributed by atoms with van der Waals surface area (Å²) in [6.07, 6.45) is 6.06. The predicted molar refractivity (Wildman–Crippen MR) is 83.6 cm³/mol. The lowest BCUT2D eigenvalue weighted by molar-refractivity contribution is -0.117. The molecule has 106 valence electrons. The van der Waals surface area contributed by atoms with Crippen LogP contribution in [0.2, 0.25) is 0 Å². The van der Waals surface area contributed by atoms with Gasteiger partial charge in [0.15, 0.2) is 0 Å². The molecule has 1 aromatic carbocycles. The van der Waals surface area contributed by atoms with Gasteiger partial charge in [-0.2, -0.15) is 0 Å². The van der Waals surface area contributed by atoms with Crippen LogP contribution in [0.1, 0.15) is 36.0 Å². The molecule has 4 heteroatoms. The fraction of sp³-hybridized carbons (Fsp3) is 0.235. The van der Waals surface area contributed by atoms with E-state index in [-0.39, 0.29) is 11.8 Å². The summed E-state index contributed by atoms with van der Waals surface area (Å²) in [6, 6.07) is 9.72. The number of carbonyl (C=O) groups is 1. The highest BCUT2D eigenvalue weighted by molar-refractivity contribution is 5.97. The third-order valence-electron chi connectivity index (χ3n) is 3.72. The lowest BCUT2D eigenvalue weighted by Gasteiger charge is -2.15. The molecule has 4 nitrogen and oxygen atoms in total. The quantitative estimate of drug-likeness (QED) is 0.934. The van der Waals surface area contributed by atoms with Crippen LogP contribution in [0.4, 0.5) is 5.69 Å². The number of aromatic nitrogens is 1. The number of benzene rings is 1. The molecule has 0 saturated carbocycles. The van der Waals surface area contributed by atoms with Crippen LogP contribution in [-0.4, -0.2) is 17.1 Å². The number of amides is 1. The normalized spacial score (nSPS) is 13.8. The standard InChI is InChI=1S/C17H17N3O/c1-2-16(13-4-3-7-18-10-13)17(21)20-15-6-5-12-9-19-11-14(12)8-15/h3-8,10-11,16H,2,9H2,1H3,(H,20,21). The maximum Gasteiger partial charge on any atom is 0.231 e. The molecule has 0 radical (unpaired) electrons. The summed E-state index contributed by atoms with van der Waals surface area (Å²) in [7, 11) is 0. The molecular formula is C17H17N3O. The van der Waals surface area contributed by atoms with Gasteiger partial charge in [-0.3, -0.25) is 14.8 Å². The molecule has 21 heavy (non-hydrogen) atoms. The summed E-state index contributed by atoms with van der Waals surface area (Å²) >= 11 is 0. The second-order valence-corrected chi connectivity index (χ2v) is 5.12. The van der Waals surface area contributed by atoms with E-state index < -0.39 is 0 Å². The number of nitrogens with zero attached hydrogens (tertiary/aromatic N) is 2. The van der Waals surface area contributed by atoms with Gasteiger partial charge in [-0.15, -0.1) is 0 Å². The largest absolute Gasteiger partial charge is 0.326 e. The molecule has 1 N–H and O–H groups in total. The summed E-state index contributed by atoms with van der Waals surface area (Å²) in [6.45, 7) is 2.74. The highest BCUT2D eigenvalue weighted by Crippen LogP contribution is 2.23. The van der Waals surface area contributed by atoms with Gasteiger partial charge >= 0.3 is 0 Å². The molecule has 0 saturated heterocycles. The molecule has 2 aromatic rings. The topological polar surface area (TPSA) is 54.4 Å². The van der Waals surface area contributed by atoms with E-state index in [0.717, 1.165) is 29.8 Å². The molecule has 1 aromatic heterocycles. The first-order valence-electron chi connectivity index (χ1n) is 7.11. The van der Waals surface area contributed by atoms with Gasteiger partial charge in [-0.05, 0) is 41.3 Å². The Hall–Kier alpha value is -2.49. The fourth-order valence-electron chi connectivity index (χ4n) is 2.56. The minimum Gasteiger partial charge on any atom is -0.326 e. The first-order valence-corrected chi connectivity index (χ1v) is 7.11. The second-order valence-electron chi connectivity index (χ2n) is 5.12. The zero-order valence-corrected chi connectivity index (χ0v) is 11.9. The van der Waals surface area contributed by atoms with Gasteiger partial charge < -0.3 is 5.32 Å². The number of fused-ring (bicyclic) bond motifs is 1. The Morgan fingerprint density at radius 2 is 2.29 bits per heavy atom. The maximum absolute atomic E-state index is 12.5. The van der Waals surface area contributed by atoms with Crippen molar-refractivity contribution < 1.29 is 4.79 Å². The Morgan fingerprint density at radius 1 is 1.38 bits per heavy atom. The molecule has 0 bridgehead atoms. The Balaban J connectivity index is 1.77. The van der Waals surface area contributed by atoms with Gasteiger partial charge in [0, 0.05) is 24.3 Å². The molecule has 1 aliphatic heterocycles. The van der Waals surface area contributed by atoms with E-state index in [1.54, 1.807) is 12.4 Å². The number of nitrogens with one attached hydrogen (secondary N) is 1. The summed E-state index contributed by atoms with van der Waals surface area (Å²) in [5.41, 5.74) is 4.05. The van der Waals surface area contributed by atoms with E-state index in [1.165, 1.54) is 5.56 Å². The third kappa shape index (κ3) is 2.84. The Morgan fingerprint density at radius 3 is 3.05 bits per heavy atom. The van der Waals surface area contributed by atoms with Crippen LogP contribution in [-0.2, 0) is 11.3 Å². The molecule has 1 amide bonds. The lowest BCUT2D eigenvalue weighted by atomic mass is 9.97. The number of rotatable bonds is 4. The van der Waals surface area contributed by atoms with Crippen molar-refractivity contribution in [1.82, 2.24) is 4.98 Å². The first-order chi connectivity index (χ1) is 10.3. The summed E-state index contributed by atoms with van der Waals surface area (Å²) in [5, 5.41) is 2.99. The number of aliphatic imine (C=N–C) groups is 1. The van der Waals surface area contributed by atoms with Crippen molar-refractivity contribution >= 4 is 17.8 Å². The van der Waals surface area contributed by atoms with Crippen molar-refractivity contribution in [2.24, 2.45) is 4.99 Å². The van der Waals surface area contributed by atoms with Gasteiger partial charge in [-0.1, -0.05) is 19.1 Å². The van der Waals surface area contributed by atoms with Crippen LogP contribution in [0.15, 0.2) is 47.7 Å². The van der Waals surface area contributed by atoms with Crippen LogP contribution >= 0.6 is 0 Å². The fourth-order valence-corrected chi connectivity index (χ4v) is 2.56. The number of anilines is 1. The number of hydrogen-bond donors (Lipinski definition) is 1. The average molecular weight is 279 g/mol. The van der Waals surface area contributed by atoms with Crippen molar-refractivity contribution in [2.75, 3.05) is 5.32 Å². The first kappa shape index (κ1) is 13.5. The Kier molecular flexibility index (Phi) is 3.77. The second kappa shape index (κ2) is 5.87. The third-order valence-corrected chi connectivity index (χ3v) is 3.72. The number of carbonyl (C=O) groups excluding carboxylic acids is 1. The molecule has 1 atom stereocenters. The molecule has 0 fully saturated rings. The maximum atomic E-state index is 12.5. The van der Waals surface area contributed by atoms with Crippen LogP contribution in [0.25, 0.3) is 0 Å². The monoisotopic (exact) mass is 279 g/mol. The van der Waals surface area contributed by atoms with Crippen LogP contribution in [0.3, 0.4) is 0 Å². The SMILES string of the molecule is CCC(C(=O)Nc1ccc2c(c1)C=NC2)c1cccnc1. The minimum absolute atomic E-state index is 0.000357. The highest BCUT2D eigenvalue weighted by Gasteiger charge is 2.19. The molecule has 0 aliphatic carbocycles. The van der Waals surface area contributed by atoms with Crippen molar-refractivity contribution in [3.63, 3.8) is 0 Å². The van der Waals surface area contributed by atoms with E-state index in [9.17, 15) is 4.79 Å². The average Bonchev–Trinajstić information content (AvgIpc) is 2.96. The molecule has 2 heterocycles. The van der Waals surface area contributed by atoms with Crippen LogP contribution in [0.5, 0.6) is 0 Å². The highest BCUT2D eigenvalue weighted by atomic mass is 16.1. The minimum atomic E-state index is -0.180. The van der Waals surface area contributed by atoms with E-state index in [2.05, 4.69) is 15.3 Å². The summed E-state index contributed by atoms with van der Waals surface area (Å²) in [4.78, 5) is 20.8. The van der Waals surface area contributed by atoms with Gasteiger partial charge in [0.05, 0.1) is 12.5 Å². The van der Waals surface area contributed by atoms with E-state index in [1.807, 2.05) is 43.5 Å². The van der Waals surface area contributed by atoms with E-state index >= 15 is 0 Å². The predicted octanol–water partition coefficient (Wildman–Crippen LogP) is 3.15. The van der Waals surface area contributed by atoms with Gasteiger partial charge in [-0.25, -0.2) is 0 Å². The van der Waals surface area contributed by atoms with Crippen molar-refractivity contribution in [3.8, 4) is 0 Å². The van der Waals surface area contributed by atoms with Crippen LogP contribution < -0.4 is 5.32 Å². The lowest BCUT2D eigenvalue weighted by Crippen LogP contribution is -2.20. The smallest absolute Gasteiger partial charge is 0.231 e.